The maximum absolute atomic E-state index is 6.25. The minimum atomic E-state index is 0.503. The zero-order valence-corrected chi connectivity index (χ0v) is 11.1. The number of nitrogens with zero attached hydrogens (tertiary/aromatic N) is 4. The molecule has 0 N–H and O–H groups in total. The van der Waals surface area contributed by atoms with Crippen molar-refractivity contribution in [2.75, 3.05) is 6.61 Å². The van der Waals surface area contributed by atoms with Gasteiger partial charge in [-0.25, -0.2) is 15.0 Å². The summed E-state index contributed by atoms with van der Waals surface area (Å²) in [4.78, 5) is 13.3. The van der Waals surface area contributed by atoms with Gasteiger partial charge in [0.1, 0.15) is 10.8 Å². The lowest BCUT2D eigenvalue weighted by Gasteiger charge is -2.17. The van der Waals surface area contributed by atoms with Gasteiger partial charge in [0, 0.05) is 18.0 Å². The topological polar surface area (TPSA) is 52.8 Å². The summed E-state index contributed by atoms with van der Waals surface area (Å²) >= 11 is 6.25. The maximum atomic E-state index is 6.25. The molecule has 5 nitrogen and oxygen atoms in total. The molecule has 0 bridgehead atoms. The van der Waals surface area contributed by atoms with Gasteiger partial charge in [0.2, 0.25) is 0 Å². The van der Waals surface area contributed by atoms with Gasteiger partial charge in [-0.05, 0) is 12.8 Å². The third-order valence-corrected chi connectivity index (χ3v) is 3.92. The fourth-order valence-electron chi connectivity index (χ4n) is 2.43. The van der Waals surface area contributed by atoms with Gasteiger partial charge in [0.15, 0.2) is 5.82 Å². The summed E-state index contributed by atoms with van der Waals surface area (Å²) in [5.74, 6) is 0.676. The largest absolute Gasteiger partial charge is 0.376 e. The quantitative estimate of drug-likeness (QED) is 0.791. The Balaban J connectivity index is 1.82. The van der Waals surface area contributed by atoms with Crippen molar-refractivity contribution in [3.8, 4) is 11.5 Å². The van der Waals surface area contributed by atoms with Gasteiger partial charge < -0.3 is 9.30 Å². The van der Waals surface area contributed by atoms with E-state index < -0.39 is 0 Å². The second-order valence-corrected chi connectivity index (χ2v) is 5.34. The average molecular weight is 277 g/mol. The van der Waals surface area contributed by atoms with E-state index in [1.54, 1.807) is 0 Å². The van der Waals surface area contributed by atoms with Crippen LogP contribution in [0.25, 0.3) is 11.5 Å². The molecule has 3 heterocycles. The molecule has 98 valence electrons. The fraction of sp³-hybridized carbons (Fsp3) is 0.462. The van der Waals surface area contributed by atoms with Crippen molar-refractivity contribution in [3.05, 3.63) is 28.9 Å². The first kappa shape index (κ1) is 11.4. The lowest BCUT2D eigenvalue weighted by atomic mass is 10.1. The predicted molar refractivity (Wildman–Crippen MR) is 69.9 cm³/mol. The lowest BCUT2D eigenvalue weighted by Crippen LogP contribution is -2.14. The van der Waals surface area contributed by atoms with Crippen molar-refractivity contribution < 1.29 is 4.74 Å². The first-order valence-electron chi connectivity index (χ1n) is 6.48. The molecule has 0 radical (unpaired) electrons. The van der Waals surface area contributed by atoms with Gasteiger partial charge >= 0.3 is 0 Å². The van der Waals surface area contributed by atoms with Crippen LogP contribution in [0.4, 0.5) is 0 Å². The molecule has 2 aromatic heterocycles. The van der Waals surface area contributed by atoms with Gasteiger partial charge in [0.05, 0.1) is 31.4 Å². The Labute approximate surface area is 115 Å². The van der Waals surface area contributed by atoms with E-state index in [-0.39, 0.29) is 0 Å². The minimum absolute atomic E-state index is 0.503. The van der Waals surface area contributed by atoms with Crippen LogP contribution >= 0.6 is 11.6 Å². The number of fused-ring (bicyclic) bond motifs is 1. The van der Waals surface area contributed by atoms with Crippen LogP contribution in [0.5, 0.6) is 0 Å². The van der Waals surface area contributed by atoms with E-state index in [2.05, 4.69) is 19.5 Å². The Morgan fingerprint density at radius 2 is 2.21 bits per heavy atom. The summed E-state index contributed by atoms with van der Waals surface area (Å²) in [5.41, 5.74) is 2.89. The predicted octanol–water partition coefficient (Wildman–Crippen LogP) is 2.40. The van der Waals surface area contributed by atoms with E-state index >= 15 is 0 Å². The SMILES string of the molecule is Clc1nc(-c2cncn2C2CC2)nc2c1COCC2. The highest BCUT2D eigenvalue weighted by molar-refractivity contribution is 6.30. The molecule has 1 aliphatic carbocycles. The number of imidazole rings is 1. The molecule has 1 aliphatic heterocycles. The van der Waals surface area contributed by atoms with Crippen molar-refractivity contribution in [1.29, 1.82) is 0 Å². The van der Waals surface area contributed by atoms with Gasteiger partial charge in [-0.1, -0.05) is 11.6 Å². The van der Waals surface area contributed by atoms with E-state index in [0.717, 1.165) is 23.4 Å². The Bertz CT molecular complexity index is 636. The van der Waals surface area contributed by atoms with Crippen LogP contribution in [0.15, 0.2) is 12.5 Å². The van der Waals surface area contributed by atoms with Crippen LogP contribution in [0.2, 0.25) is 5.15 Å². The molecule has 0 amide bonds. The van der Waals surface area contributed by atoms with Crippen molar-refractivity contribution in [1.82, 2.24) is 19.5 Å². The first-order chi connectivity index (χ1) is 9.33. The van der Waals surface area contributed by atoms with Crippen LogP contribution in [-0.4, -0.2) is 26.1 Å². The summed E-state index contributed by atoms with van der Waals surface area (Å²) in [7, 11) is 0. The molecular weight excluding hydrogens is 264 g/mol. The molecule has 0 aromatic carbocycles. The highest BCUT2D eigenvalue weighted by Crippen LogP contribution is 2.38. The van der Waals surface area contributed by atoms with E-state index in [1.165, 1.54) is 12.8 Å². The Kier molecular flexibility index (Phi) is 2.56. The smallest absolute Gasteiger partial charge is 0.179 e. The molecule has 2 aliphatic rings. The summed E-state index contributed by atoms with van der Waals surface area (Å²) < 4.78 is 7.55. The number of hydrogen-bond donors (Lipinski definition) is 0. The summed E-state index contributed by atoms with van der Waals surface area (Å²) in [6.45, 7) is 1.21. The Morgan fingerprint density at radius 1 is 1.32 bits per heavy atom. The van der Waals surface area contributed by atoms with E-state index in [9.17, 15) is 0 Å². The number of ether oxygens (including phenoxy) is 1. The number of halogens is 1. The molecule has 0 spiro atoms. The van der Waals surface area contributed by atoms with Gasteiger partial charge in [-0.2, -0.15) is 0 Å². The van der Waals surface area contributed by atoms with E-state index in [4.69, 9.17) is 16.3 Å². The van der Waals surface area contributed by atoms with Crippen molar-refractivity contribution in [3.63, 3.8) is 0 Å². The van der Waals surface area contributed by atoms with E-state index in [1.807, 2.05) is 12.5 Å². The van der Waals surface area contributed by atoms with Crippen LogP contribution in [0, 0.1) is 0 Å². The lowest BCUT2D eigenvalue weighted by molar-refractivity contribution is 0.109. The van der Waals surface area contributed by atoms with Gasteiger partial charge in [-0.3, -0.25) is 0 Å². The molecule has 4 rings (SSSR count). The summed E-state index contributed by atoms with van der Waals surface area (Å²) in [6.07, 6.45) is 6.87. The molecule has 6 heteroatoms. The number of hydrogen-bond acceptors (Lipinski definition) is 4. The van der Waals surface area contributed by atoms with Gasteiger partial charge in [0.25, 0.3) is 0 Å². The maximum Gasteiger partial charge on any atom is 0.179 e. The van der Waals surface area contributed by atoms with Gasteiger partial charge in [-0.15, -0.1) is 0 Å². The molecular formula is C13H13ClN4O. The molecule has 0 unspecified atom stereocenters. The summed E-state index contributed by atoms with van der Waals surface area (Å²) in [5, 5.41) is 0.503. The average Bonchev–Trinajstić information content (AvgIpc) is 3.16. The van der Waals surface area contributed by atoms with Crippen LogP contribution in [0.3, 0.4) is 0 Å². The third-order valence-electron chi connectivity index (χ3n) is 3.61. The molecule has 1 saturated carbocycles. The molecule has 0 atom stereocenters. The number of rotatable bonds is 2. The van der Waals surface area contributed by atoms with E-state index in [0.29, 0.717) is 30.2 Å². The third kappa shape index (κ3) is 1.93. The standard InChI is InChI=1S/C13H13ClN4O/c14-12-9-6-19-4-3-10(9)16-13(17-12)11-5-15-7-18(11)8-1-2-8/h5,7-8H,1-4,6H2. The minimum Gasteiger partial charge on any atom is -0.376 e. The highest BCUT2D eigenvalue weighted by atomic mass is 35.5. The molecule has 1 fully saturated rings. The normalized spacial score (nSPS) is 18.4. The molecule has 2 aromatic rings. The molecule has 19 heavy (non-hydrogen) atoms. The Hall–Kier alpha value is -1.46. The highest BCUT2D eigenvalue weighted by Gasteiger charge is 2.27. The Morgan fingerprint density at radius 3 is 3.05 bits per heavy atom. The second-order valence-electron chi connectivity index (χ2n) is 4.98. The van der Waals surface area contributed by atoms with Crippen LogP contribution < -0.4 is 0 Å². The zero-order valence-electron chi connectivity index (χ0n) is 10.3. The summed E-state index contributed by atoms with van der Waals surface area (Å²) in [6, 6.07) is 0.555. The second kappa shape index (κ2) is 4.28. The fourth-order valence-corrected chi connectivity index (χ4v) is 2.67. The van der Waals surface area contributed by atoms with Crippen molar-refractivity contribution in [2.45, 2.75) is 31.9 Å². The number of aromatic nitrogens is 4. The van der Waals surface area contributed by atoms with Crippen LogP contribution in [-0.2, 0) is 17.8 Å². The van der Waals surface area contributed by atoms with Crippen LogP contribution in [0.1, 0.15) is 30.1 Å². The van der Waals surface area contributed by atoms with Crippen molar-refractivity contribution in [2.24, 2.45) is 0 Å². The monoisotopic (exact) mass is 276 g/mol. The zero-order chi connectivity index (χ0) is 12.8. The first-order valence-corrected chi connectivity index (χ1v) is 6.86. The molecule has 0 saturated heterocycles. The van der Waals surface area contributed by atoms with Crippen molar-refractivity contribution >= 4 is 11.6 Å².